The van der Waals surface area contributed by atoms with Gasteiger partial charge in [-0.2, -0.15) is 0 Å². The lowest BCUT2D eigenvalue weighted by atomic mass is 10.1. The summed E-state index contributed by atoms with van der Waals surface area (Å²) in [6.07, 6.45) is -0.542. The predicted octanol–water partition coefficient (Wildman–Crippen LogP) is 4.39. The number of carbonyl (C=O) groups excluding carboxylic acids is 2. The van der Waals surface area contributed by atoms with Gasteiger partial charge in [-0.3, -0.25) is 9.59 Å². The van der Waals surface area contributed by atoms with Gasteiger partial charge in [0.05, 0.1) is 6.42 Å². The molecule has 3 aromatic carbocycles. The van der Waals surface area contributed by atoms with Crippen LogP contribution in [0, 0.1) is 0 Å². The molecule has 0 aliphatic carbocycles. The molecule has 1 unspecified atom stereocenters. The molecule has 6 heteroatoms. The number of hydrogen-bond donors (Lipinski definition) is 2. The summed E-state index contributed by atoms with van der Waals surface area (Å²) in [4.78, 5) is 24.4. The van der Waals surface area contributed by atoms with Crippen molar-refractivity contribution in [2.24, 2.45) is 0 Å². The van der Waals surface area contributed by atoms with E-state index >= 15 is 0 Å². The SMILES string of the molecule is CNC(=O)Cc1ccc(NC(=O)C(Oc2ccc(Cl)cc2)c2ccccc2)cc1. The van der Waals surface area contributed by atoms with Gasteiger partial charge in [0.2, 0.25) is 12.0 Å². The fourth-order valence-corrected chi connectivity index (χ4v) is 2.86. The summed E-state index contributed by atoms with van der Waals surface area (Å²) in [7, 11) is 1.60. The van der Waals surface area contributed by atoms with E-state index in [4.69, 9.17) is 16.3 Å². The molecule has 148 valence electrons. The average molecular weight is 409 g/mol. The molecule has 1 atom stereocenters. The standard InChI is InChI=1S/C23H21ClN2O3/c1-25-21(27)15-16-7-11-19(12-8-16)26-23(28)22(17-5-3-2-4-6-17)29-20-13-9-18(24)10-14-20/h2-14,22H,15H2,1H3,(H,25,27)(H,26,28). The highest BCUT2D eigenvalue weighted by molar-refractivity contribution is 6.30. The zero-order chi connectivity index (χ0) is 20.6. The number of rotatable bonds is 7. The molecule has 29 heavy (non-hydrogen) atoms. The predicted molar refractivity (Wildman–Crippen MR) is 114 cm³/mol. The molecule has 0 aliphatic rings. The van der Waals surface area contributed by atoms with Crippen LogP contribution >= 0.6 is 11.6 Å². The topological polar surface area (TPSA) is 67.4 Å². The third kappa shape index (κ3) is 5.83. The van der Waals surface area contributed by atoms with Crippen LogP contribution in [-0.4, -0.2) is 18.9 Å². The summed E-state index contributed by atoms with van der Waals surface area (Å²) in [6.45, 7) is 0. The molecule has 0 heterocycles. The minimum atomic E-state index is -0.831. The molecular weight excluding hydrogens is 388 g/mol. The Kier molecular flexibility index (Phi) is 6.87. The molecule has 5 nitrogen and oxygen atoms in total. The van der Waals surface area contributed by atoms with Gasteiger partial charge in [0.25, 0.3) is 5.91 Å². The first-order valence-corrected chi connectivity index (χ1v) is 9.50. The van der Waals surface area contributed by atoms with Crippen LogP contribution in [0.3, 0.4) is 0 Å². The first-order valence-electron chi connectivity index (χ1n) is 9.12. The Morgan fingerprint density at radius 3 is 2.21 bits per heavy atom. The number of anilines is 1. The fraction of sp³-hybridized carbons (Fsp3) is 0.130. The average Bonchev–Trinajstić information content (AvgIpc) is 2.75. The van der Waals surface area contributed by atoms with E-state index in [0.717, 1.165) is 11.1 Å². The van der Waals surface area contributed by atoms with Crippen LogP contribution in [0.15, 0.2) is 78.9 Å². The maximum Gasteiger partial charge on any atom is 0.270 e. The second-order valence-electron chi connectivity index (χ2n) is 6.40. The monoisotopic (exact) mass is 408 g/mol. The Balaban J connectivity index is 1.76. The molecule has 2 amide bonds. The molecular formula is C23H21ClN2O3. The number of ether oxygens (including phenoxy) is 1. The number of nitrogens with one attached hydrogen (secondary N) is 2. The van der Waals surface area contributed by atoms with Crippen molar-refractivity contribution in [1.29, 1.82) is 0 Å². The van der Waals surface area contributed by atoms with E-state index in [-0.39, 0.29) is 18.2 Å². The van der Waals surface area contributed by atoms with E-state index in [1.807, 2.05) is 42.5 Å². The number of carbonyl (C=O) groups is 2. The zero-order valence-electron chi connectivity index (χ0n) is 15.9. The quantitative estimate of drug-likeness (QED) is 0.609. The molecule has 2 N–H and O–H groups in total. The Morgan fingerprint density at radius 2 is 1.59 bits per heavy atom. The first kappa shape index (κ1) is 20.4. The molecule has 0 fully saturated rings. The van der Waals surface area contributed by atoms with Gasteiger partial charge in [-0.25, -0.2) is 0 Å². The van der Waals surface area contributed by atoms with Gasteiger partial charge in [0.1, 0.15) is 5.75 Å². The van der Waals surface area contributed by atoms with E-state index in [9.17, 15) is 9.59 Å². The zero-order valence-corrected chi connectivity index (χ0v) is 16.6. The Bertz CT molecular complexity index is 958. The summed E-state index contributed by atoms with van der Waals surface area (Å²) in [6, 6.07) is 23.3. The lowest BCUT2D eigenvalue weighted by Crippen LogP contribution is -2.25. The maximum absolute atomic E-state index is 13.0. The highest BCUT2D eigenvalue weighted by Crippen LogP contribution is 2.25. The van der Waals surface area contributed by atoms with Gasteiger partial charge in [-0.05, 0) is 42.0 Å². The number of benzene rings is 3. The van der Waals surface area contributed by atoms with Crippen molar-refractivity contribution in [1.82, 2.24) is 5.32 Å². The number of halogens is 1. The Morgan fingerprint density at radius 1 is 0.931 bits per heavy atom. The molecule has 0 bridgehead atoms. The highest BCUT2D eigenvalue weighted by atomic mass is 35.5. The molecule has 0 radical (unpaired) electrons. The van der Waals surface area contributed by atoms with Gasteiger partial charge in [-0.15, -0.1) is 0 Å². The van der Waals surface area contributed by atoms with Crippen LogP contribution in [0.4, 0.5) is 5.69 Å². The smallest absolute Gasteiger partial charge is 0.270 e. The molecule has 3 rings (SSSR count). The van der Waals surface area contributed by atoms with Crippen LogP contribution in [0.25, 0.3) is 0 Å². The van der Waals surface area contributed by atoms with E-state index in [1.54, 1.807) is 43.4 Å². The van der Waals surface area contributed by atoms with Crippen LogP contribution in [0.1, 0.15) is 17.2 Å². The second kappa shape index (κ2) is 9.75. The van der Waals surface area contributed by atoms with E-state index in [1.165, 1.54) is 0 Å². The number of amides is 2. The van der Waals surface area contributed by atoms with Crippen LogP contribution < -0.4 is 15.4 Å². The lowest BCUT2D eigenvalue weighted by molar-refractivity contribution is -0.123. The van der Waals surface area contributed by atoms with Crippen molar-refractivity contribution >= 4 is 29.1 Å². The number of hydrogen-bond acceptors (Lipinski definition) is 3. The van der Waals surface area contributed by atoms with Crippen LogP contribution in [-0.2, 0) is 16.0 Å². The Labute approximate surface area is 174 Å². The van der Waals surface area contributed by atoms with Crippen molar-refractivity contribution in [3.05, 3.63) is 95.0 Å². The van der Waals surface area contributed by atoms with Crippen molar-refractivity contribution in [3.8, 4) is 5.75 Å². The maximum atomic E-state index is 13.0. The van der Waals surface area contributed by atoms with Crippen molar-refractivity contribution < 1.29 is 14.3 Å². The lowest BCUT2D eigenvalue weighted by Gasteiger charge is -2.19. The van der Waals surface area contributed by atoms with Gasteiger partial charge in [0, 0.05) is 23.3 Å². The van der Waals surface area contributed by atoms with E-state index < -0.39 is 6.10 Å². The first-order chi connectivity index (χ1) is 14.0. The molecule has 0 aromatic heterocycles. The van der Waals surface area contributed by atoms with Crippen LogP contribution in [0.5, 0.6) is 5.75 Å². The minimum Gasteiger partial charge on any atom is -0.476 e. The summed E-state index contributed by atoms with van der Waals surface area (Å²) in [5.41, 5.74) is 2.21. The van der Waals surface area contributed by atoms with E-state index in [0.29, 0.717) is 16.5 Å². The Hall–Kier alpha value is -3.31. The molecule has 0 spiro atoms. The van der Waals surface area contributed by atoms with Gasteiger partial charge in [0.15, 0.2) is 0 Å². The van der Waals surface area contributed by atoms with Crippen LogP contribution in [0.2, 0.25) is 5.02 Å². The van der Waals surface area contributed by atoms with Gasteiger partial charge >= 0.3 is 0 Å². The summed E-state index contributed by atoms with van der Waals surface area (Å²) < 4.78 is 5.96. The number of likely N-dealkylation sites (N-methyl/N-ethyl adjacent to an activating group) is 1. The van der Waals surface area contributed by atoms with Gasteiger partial charge < -0.3 is 15.4 Å². The molecule has 0 saturated carbocycles. The highest BCUT2D eigenvalue weighted by Gasteiger charge is 2.23. The van der Waals surface area contributed by atoms with Crippen molar-refractivity contribution in [2.75, 3.05) is 12.4 Å². The normalized spacial score (nSPS) is 11.4. The largest absolute Gasteiger partial charge is 0.476 e. The van der Waals surface area contributed by atoms with Gasteiger partial charge in [-0.1, -0.05) is 54.1 Å². The third-order valence-corrected chi connectivity index (χ3v) is 4.52. The molecule has 0 aliphatic heterocycles. The van der Waals surface area contributed by atoms with Crippen molar-refractivity contribution in [2.45, 2.75) is 12.5 Å². The second-order valence-corrected chi connectivity index (χ2v) is 6.84. The fourth-order valence-electron chi connectivity index (χ4n) is 2.74. The van der Waals surface area contributed by atoms with E-state index in [2.05, 4.69) is 10.6 Å². The molecule has 0 saturated heterocycles. The summed E-state index contributed by atoms with van der Waals surface area (Å²) in [5.74, 6) is 0.173. The molecule has 3 aromatic rings. The van der Waals surface area contributed by atoms with Crippen molar-refractivity contribution in [3.63, 3.8) is 0 Å². The summed E-state index contributed by atoms with van der Waals surface area (Å²) in [5, 5.41) is 6.06. The third-order valence-electron chi connectivity index (χ3n) is 4.27. The summed E-state index contributed by atoms with van der Waals surface area (Å²) >= 11 is 5.93. The minimum absolute atomic E-state index is 0.0673.